The minimum Gasteiger partial charge on any atom is -0.468 e. The van der Waals surface area contributed by atoms with Crippen molar-refractivity contribution in [3.05, 3.63) is 23.3 Å². The quantitative estimate of drug-likeness (QED) is 0.208. The lowest BCUT2D eigenvalue weighted by molar-refractivity contribution is -0.147. The number of fused-ring (bicyclic) bond motifs is 2. The Kier molecular flexibility index (Phi) is 7.23. The van der Waals surface area contributed by atoms with Gasteiger partial charge in [0.15, 0.2) is 8.32 Å². The van der Waals surface area contributed by atoms with Gasteiger partial charge in [-0.3, -0.25) is 9.59 Å². The molecule has 0 heterocycles. The highest BCUT2D eigenvalue weighted by molar-refractivity contribution is 6.74. The number of carbonyl (C=O) groups is 2. The fourth-order valence-electron chi connectivity index (χ4n) is 3.64. The van der Waals surface area contributed by atoms with Crippen molar-refractivity contribution in [2.45, 2.75) is 78.1 Å². The van der Waals surface area contributed by atoms with Gasteiger partial charge in [0.2, 0.25) is 0 Å². The number of allylic oxidation sites excluding steroid dienone is 2. The van der Waals surface area contributed by atoms with E-state index < -0.39 is 26.3 Å². The van der Waals surface area contributed by atoms with Gasteiger partial charge in [0.05, 0.1) is 7.11 Å². The van der Waals surface area contributed by atoms with E-state index >= 15 is 0 Å². The largest absolute Gasteiger partial charge is 0.468 e. The third-order valence-corrected chi connectivity index (χ3v) is 10.9. The molecule has 0 radical (unpaired) electrons. The summed E-state index contributed by atoms with van der Waals surface area (Å²) in [6.07, 6.45) is 5.03. The highest BCUT2D eigenvalue weighted by Gasteiger charge is 2.44. The number of methoxy groups -OCH3 is 1. The Hall–Kier alpha value is -2.08. The molecule has 0 aliphatic heterocycles. The summed E-state index contributed by atoms with van der Waals surface area (Å²) in [7, 11) is -0.843. The average Bonchev–Trinajstić information content (AvgIpc) is 2.63. The van der Waals surface area contributed by atoms with Crippen molar-refractivity contribution in [1.29, 1.82) is 0 Å². The van der Waals surface area contributed by atoms with Gasteiger partial charge in [0.25, 0.3) is 0 Å². The van der Waals surface area contributed by atoms with Crippen molar-refractivity contribution in [3.8, 4) is 23.7 Å². The number of hydrogen-bond acceptors (Lipinski definition) is 4. The standard InChI is InChI=1S/C25H34O4Si/c1-18(26)22(23(27)28-6)19-14-16-25(5)15-12-10-9-11-13-21(20(19)17-25)29-30(7,8)24(2,3)4/h9-10,21-22H,14,16-17H2,1-8H3/b10-9+/t21-,22?,25+/m0/s1. The Morgan fingerprint density at radius 2 is 1.87 bits per heavy atom. The molecule has 2 rings (SSSR count). The molecule has 0 amide bonds. The van der Waals surface area contributed by atoms with Gasteiger partial charge >= 0.3 is 5.97 Å². The molecule has 2 bridgehead atoms. The van der Waals surface area contributed by atoms with Gasteiger partial charge in [0, 0.05) is 5.41 Å². The van der Waals surface area contributed by atoms with E-state index in [0.717, 1.165) is 17.6 Å². The highest BCUT2D eigenvalue weighted by atomic mass is 28.4. The van der Waals surface area contributed by atoms with Crippen LogP contribution in [0.25, 0.3) is 0 Å². The summed E-state index contributed by atoms with van der Waals surface area (Å²) in [5.74, 6) is 11.1. The first kappa shape index (κ1) is 24.2. The smallest absolute Gasteiger partial charge is 0.320 e. The van der Waals surface area contributed by atoms with Crippen LogP contribution in [0.1, 0.15) is 53.9 Å². The van der Waals surface area contributed by atoms with Crippen LogP contribution in [0, 0.1) is 35.0 Å². The Bertz CT molecular complexity index is 895. The highest BCUT2D eigenvalue weighted by Crippen LogP contribution is 2.45. The monoisotopic (exact) mass is 426 g/mol. The first-order valence-electron chi connectivity index (χ1n) is 10.5. The molecule has 0 N–H and O–H groups in total. The minimum absolute atomic E-state index is 0.000657. The van der Waals surface area contributed by atoms with Gasteiger partial charge in [-0.25, -0.2) is 0 Å². The number of ether oxygens (including phenoxy) is 1. The summed E-state index contributed by atoms with van der Waals surface area (Å²) in [4.78, 5) is 25.0. The Labute approximate surface area is 182 Å². The third-order valence-electron chi connectivity index (χ3n) is 6.50. The van der Waals surface area contributed by atoms with E-state index in [1.165, 1.54) is 14.0 Å². The molecule has 0 saturated carbocycles. The lowest BCUT2D eigenvalue weighted by Gasteiger charge is -2.42. The van der Waals surface area contributed by atoms with Crippen molar-refractivity contribution >= 4 is 20.1 Å². The predicted octanol–water partition coefficient (Wildman–Crippen LogP) is 4.82. The fraction of sp³-hybridized carbons (Fsp3) is 0.600. The maximum absolute atomic E-state index is 12.5. The van der Waals surface area contributed by atoms with Gasteiger partial charge in [-0.05, 0) is 74.5 Å². The molecule has 0 aromatic rings. The fourth-order valence-corrected chi connectivity index (χ4v) is 4.79. The van der Waals surface area contributed by atoms with Gasteiger partial charge in [-0.1, -0.05) is 44.5 Å². The van der Waals surface area contributed by atoms with E-state index in [4.69, 9.17) is 9.16 Å². The summed E-state index contributed by atoms with van der Waals surface area (Å²) in [6.45, 7) is 14.5. The molecule has 0 aromatic heterocycles. The number of esters is 1. The number of ketones is 1. The normalized spacial score (nSPS) is 25.8. The predicted molar refractivity (Wildman–Crippen MR) is 122 cm³/mol. The molecule has 0 aromatic carbocycles. The number of carbonyl (C=O) groups excluding carboxylic acids is 2. The van der Waals surface area contributed by atoms with Crippen LogP contribution < -0.4 is 0 Å². The van der Waals surface area contributed by atoms with Crippen molar-refractivity contribution in [1.82, 2.24) is 0 Å². The number of rotatable bonds is 5. The van der Waals surface area contributed by atoms with Crippen molar-refractivity contribution in [3.63, 3.8) is 0 Å². The molecular formula is C25H34O4Si. The molecule has 4 nitrogen and oxygen atoms in total. The van der Waals surface area contributed by atoms with Gasteiger partial charge in [-0.2, -0.15) is 0 Å². The second kappa shape index (κ2) is 8.96. The lowest BCUT2D eigenvalue weighted by atomic mass is 9.69. The summed E-state index contributed by atoms with van der Waals surface area (Å²) < 4.78 is 11.7. The van der Waals surface area contributed by atoms with Gasteiger partial charge in [0.1, 0.15) is 17.8 Å². The van der Waals surface area contributed by atoms with Crippen LogP contribution in [0.4, 0.5) is 0 Å². The molecule has 30 heavy (non-hydrogen) atoms. The van der Waals surface area contributed by atoms with E-state index in [-0.39, 0.29) is 16.2 Å². The first-order valence-corrected chi connectivity index (χ1v) is 13.4. The maximum Gasteiger partial charge on any atom is 0.320 e. The summed E-state index contributed by atoms with van der Waals surface area (Å²) >= 11 is 0. The molecule has 2 aliphatic rings. The second-order valence-electron chi connectivity index (χ2n) is 10.0. The lowest BCUT2D eigenvalue weighted by Crippen LogP contribution is -2.45. The van der Waals surface area contributed by atoms with Crippen molar-refractivity contribution in [2.75, 3.05) is 7.11 Å². The van der Waals surface area contributed by atoms with Crippen LogP contribution in [-0.2, 0) is 18.8 Å². The maximum atomic E-state index is 12.5. The van der Waals surface area contributed by atoms with Crippen molar-refractivity contribution < 1.29 is 18.8 Å². The van der Waals surface area contributed by atoms with E-state index in [9.17, 15) is 9.59 Å². The Balaban J connectivity index is 2.70. The van der Waals surface area contributed by atoms with Crippen LogP contribution in [0.5, 0.6) is 0 Å². The molecule has 0 fully saturated rings. The van der Waals surface area contributed by atoms with E-state index in [2.05, 4.69) is 64.5 Å². The zero-order valence-corrected chi connectivity index (χ0v) is 20.6. The van der Waals surface area contributed by atoms with Gasteiger partial charge < -0.3 is 9.16 Å². The van der Waals surface area contributed by atoms with Crippen LogP contribution in [-0.4, -0.2) is 33.3 Å². The molecule has 2 aliphatic carbocycles. The van der Waals surface area contributed by atoms with Gasteiger partial charge in [-0.15, -0.1) is 0 Å². The van der Waals surface area contributed by atoms with Crippen LogP contribution in [0.15, 0.2) is 23.3 Å². The van der Waals surface area contributed by atoms with Crippen molar-refractivity contribution in [2.24, 2.45) is 11.3 Å². The second-order valence-corrected chi connectivity index (χ2v) is 14.8. The van der Waals surface area contributed by atoms with E-state index in [0.29, 0.717) is 12.8 Å². The Morgan fingerprint density at radius 3 is 2.43 bits per heavy atom. The molecule has 1 unspecified atom stereocenters. The van der Waals surface area contributed by atoms with E-state index in [1.54, 1.807) is 12.2 Å². The molecule has 5 heteroatoms. The summed E-state index contributed by atoms with van der Waals surface area (Å²) in [5, 5.41) is 0.000657. The van der Waals surface area contributed by atoms with Crippen LogP contribution >= 0.6 is 0 Å². The topological polar surface area (TPSA) is 52.6 Å². The number of hydrogen-bond donors (Lipinski definition) is 0. The average molecular weight is 427 g/mol. The van der Waals surface area contributed by atoms with Crippen LogP contribution in [0.3, 0.4) is 0 Å². The molecule has 3 atom stereocenters. The SMILES string of the molecule is COC(=O)C(C(C)=O)C1=C2C[C@](C)(C#C/C=C/C#C[C@@H]2O[Si](C)(C)C(C)(C)C)CC1. The first-order chi connectivity index (χ1) is 13.8. The minimum atomic E-state index is -2.17. The number of Topliss-reactive ketones (excluding diaryl/α,β-unsaturated/α-hetero) is 1. The molecular weight excluding hydrogens is 392 g/mol. The van der Waals surface area contributed by atoms with Crippen LogP contribution in [0.2, 0.25) is 18.1 Å². The third kappa shape index (κ3) is 5.34. The summed E-state index contributed by atoms with van der Waals surface area (Å²) in [6, 6.07) is 0. The van der Waals surface area contributed by atoms with E-state index in [1.807, 2.05) is 0 Å². The Morgan fingerprint density at radius 1 is 1.23 bits per heavy atom. The zero-order valence-electron chi connectivity index (χ0n) is 19.6. The molecule has 0 saturated heterocycles. The molecule has 162 valence electrons. The molecule has 0 spiro atoms. The zero-order chi connectivity index (χ0) is 22.7. The summed E-state index contributed by atoms with van der Waals surface area (Å²) in [5.41, 5.74) is 1.47.